The molecule has 1 aliphatic heterocycles. The molecule has 6 heteroatoms. The number of nitrogens with zero attached hydrogens (tertiary/aromatic N) is 2. The number of β-amino-alcohol motifs (C(OH)–C–C–N with tert-alkyl or cyclic N) is 1. The number of aromatic hydroxyl groups is 1. The third-order valence-electron chi connectivity index (χ3n) is 5.61. The zero-order valence-corrected chi connectivity index (χ0v) is 15.7. The maximum atomic E-state index is 13.5. The Morgan fingerprint density at radius 3 is 2.52 bits per heavy atom. The van der Waals surface area contributed by atoms with Crippen molar-refractivity contribution in [2.75, 3.05) is 44.2 Å². The molecular formula is C21H29FN2O3. The van der Waals surface area contributed by atoms with Crippen LogP contribution in [0.3, 0.4) is 0 Å². The normalized spacial score (nSPS) is 21.6. The highest BCUT2D eigenvalue weighted by Crippen LogP contribution is 2.31. The third-order valence-corrected chi connectivity index (χ3v) is 5.61. The van der Waals surface area contributed by atoms with Crippen LogP contribution >= 0.6 is 0 Å². The zero-order chi connectivity index (χ0) is 19.3. The van der Waals surface area contributed by atoms with Crippen molar-refractivity contribution in [1.29, 1.82) is 0 Å². The molecule has 0 radical (unpaired) electrons. The molecule has 2 N–H and O–H groups in total. The Morgan fingerprint density at radius 2 is 1.89 bits per heavy atom. The van der Waals surface area contributed by atoms with Gasteiger partial charge in [-0.2, -0.15) is 0 Å². The molecule has 1 aliphatic carbocycles. The number of halogens is 1. The summed E-state index contributed by atoms with van der Waals surface area (Å²) in [4.78, 5) is 4.27. The van der Waals surface area contributed by atoms with Gasteiger partial charge < -0.3 is 19.8 Å². The van der Waals surface area contributed by atoms with Crippen LogP contribution in [-0.2, 0) is 4.74 Å². The van der Waals surface area contributed by atoms with E-state index in [2.05, 4.69) is 15.7 Å². The minimum atomic E-state index is -0.604. The molecule has 27 heavy (non-hydrogen) atoms. The van der Waals surface area contributed by atoms with Gasteiger partial charge in [0, 0.05) is 44.5 Å². The topological polar surface area (TPSA) is 56.2 Å². The van der Waals surface area contributed by atoms with Crippen molar-refractivity contribution in [2.24, 2.45) is 0 Å². The van der Waals surface area contributed by atoms with E-state index in [1.807, 2.05) is 0 Å². The van der Waals surface area contributed by atoms with Crippen molar-refractivity contribution in [3.8, 4) is 18.1 Å². The summed E-state index contributed by atoms with van der Waals surface area (Å²) in [5, 5.41) is 19.7. The molecule has 1 saturated heterocycles. The van der Waals surface area contributed by atoms with Crippen molar-refractivity contribution < 1.29 is 19.3 Å². The molecule has 0 bridgehead atoms. The van der Waals surface area contributed by atoms with E-state index in [-0.39, 0.29) is 12.4 Å². The number of piperazine rings is 1. The van der Waals surface area contributed by atoms with Crippen LogP contribution in [0.4, 0.5) is 10.1 Å². The number of anilines is 1. The lowest BCUT2D eigenvalue weighted by Gasteiger charge is -2.37. The van der Waals surface area contributed by atoms with Gasteiger partial charge in [0.1, 0.15) is 5.60 Å². The van der Waals surface area contributed by atoms with Crippen molar-refractivity contribution >= 4 is 5.69 Å². The zero-order valence-electron chi connectivity index (χ0n) is 15.7. The predicted molar refractivity (Wildman–Crippen MR) is 103 cm³/mol. The summed E-state index contributed by atoms with van der Waals surface area (Å²) >= 11 is 0. The van der Waals surface area contributed by atoms with Gasteiger partial charge in [0.05, 0.1) is 12.7 Å². The molecule has 5 nitrogen and oxygen atoms in total. The SMILES string of the molecule is C#CC1(OCC(O)CN2CCN(c3ccc(O)c(F)c3)CC2)CCCCC1. The maximum absolute atomic E-state index is 13.5. The van der Waals surface area contributed by atoms with E-state index in [0.29, 0.717) is 6.54 Å². The predicted octanol–water partition coefficient (Wildman–Crippen LogP) is 2.37. The number of benzene rings is 1. The number of rotatable bonds is 6. The number of hydrogen-bond donors (Lipinski definition) is 2. The van der Waals surface area contributed by atoms with Crippen LogP contribution in [0.1, 0.15) is 32.1 Å². The highest BCUT2D eigenvalue weighted by Gasteiger charge is 2.31. The second-order valence-electron chi connectivity index (χ2n) is 7.59. The standard InChI is InChI=1S/C21H29FN2O3/c1-2-21(8-4-3-5-9-21)27-16-18(25)15-23-10-12-24(13-11-23)17-6-7-20(26)19(22)14-17/h1,6-7,14,18,25-26H,3-5,8-13,15-16H2. The lowest BCUT2D eigenvalue weighted by Crippen LogP contribution is -2.49. The average molecular weight is 376 g/mol. The highest BCUT2D eigenvalue weighted by atomic mass is 19.1. The second-order valence-corrected chi connectivity index (χ2v) is 7.59. The summed E-state index contributed by atoms with van der Waals surface area (Å²) < 4.78 is 19.5. The molecule has 1 aromatic rings. The van der Waals surface area contributed by atoms with Gasteiger partial charge in [-0.15, -0.1) is 6.42 Å². The Hall–Kier alpha value is -1.81. The minimum absolute atomic E-state index is 0.258. The lowest BCUT2D eigenvalue weighted by atomic mass is 9.85. The van der Waals surface area contributed by atoms with Crippen LogP contribution in [0.25, 0.3) is 0 Å². The summed E-state index contributed by atoms with van der Waals surface area (Å²) in [5.41, 5.74) is 0.267. The fourth-order valence-electron chi connectivity index (χ4n) is 3.94. The van der Waals surface area contributed by atoms with Gasteiger partial charge in [-0.3, -0.25) is 4.90 Å². The summed E-state index contributed by atoms with van der Waals surface area (Å²) in [6.07, 6.45) is 10.2. The maximum Gasteiger partial charge on any atom is 0.166 e. The van der Waals surface area contributed by atoms with E-state index in [0.717, 1.165) is 57.5 Å². The number of ether oxygens (including phenoxy) is 1. The second kappa shape index (κ2) is 8.92. The van der Waals surface area contributed by atoms with Gasteiger partial charge in [-0.1, -0.05) is 12.3 Å². The number of aliphatic hydroxyl groups is 1. The van der Waals surface area contributed by atoms with E-state index in [1.165, 1.54) is 18.6 Å². The monoisotopic (exact) mass is 376 g/mol. The molecule has 3 rings (SSSR count). The van der Waals surface area contributed by atoms with Crippen molar-refractivity contribution in [1.82, 2.24) is 4.90 Å². The summed E-state index contributed by atoms with van der Waals surface area (Å²) in [6, 6.07) is 4.46. The molecular weight excluding hydrogens is 347 g/mol. The number of phenolic OH excluding ortho intramolecular Hbond substituents is 1. The molecule has 1 heterocycles. The Kier molecular flexibility index (Phi) is 6.59. The van der Waals surface area contributed by atoms with E-state index in [9.17, 15) is 14.6 Å². The Balaban J connectivity index is 1.43. The first-order chi connectivity index (χ1) is 13.0. The molecule has 1 aromatic carbocycles. The summed E-state index contributed by atoms with van der Waals surface area (Å²) in [5.74, 6) is 1.87. The van der Waals surface area contributed by atoms with Crippen LogP contribution in [0.5, 0.6) is 5.75 Å². The summed E-state index contributed by atoms with van der Waals surface area (Å²) in [7, 11) is 0. The smallest absolute Gasteiger partial charge is 0.166 e. The van der Waals surface area contributed by atoms with Crippen molar-refractivity contribution in [3.05, 3.63) is 24.0 Å². The molecule has 2 fully saturated rings. The molecule has 0 amide bonds. The van der Waals surface area contributed by atoms with Crippen LogP contribution in [0.15, 0.2) is 18.2 Å². The van der Waals surface area contributed by atoms with Crippen LogP contribution in [0, 0.1) is 18.2 Å². The highest BCUT2D eigenvalue weighted by molar-refractivity contribution is 5.49. The molecule has 148 valence electrons. The van der Waals surface area contributed by atoms with Gasteiger partial charge >= 0.3 is 0 Å². The quantitative estimate of drug-likeness (QED) is 0.747. The van der Waals surface area contributed by atoms with Gasteiger partial charge in [-0.05, 0) is 37.8 Å². The van der Waals surface area contributed by atoms with Gasteiger partial charge in [0.2, 0.25) is 0 Å². The first-order valence-corrected chi connectivity index (χ1v) is 9.77. The lowest BCUT2D eigenvalue weighted by molar-refractivity contribution is -0.0698. The summed E-state index contributed by atoms with van der Waals surface area (Å²) in [6.45, 7) is 3.84. The molecule has 0 spiro atoms. The molecule has 1 saturated carbocycles. The molecule has 1 unspecified atom stereocenters. The van der Waals surface area contributed by atoms with E-state index >= 15 is 0 Å². The van der Waals surface area contributed by atoms with E-state index in [1.54, 1.807) is 6.07 Å². The molecule has 2 aliphatic rings. The van der Waals surface area contributed by atoms with Crippen LogP contribution in [-0.4, -0.2) is 66.1 Å². The Bertz CT molecular complexity index is 662. The Morgan fingerprint density at radius 1 is 1.19 bits per heavy atom. The van der Waals surface area contributed by atoms with Crippen molar-refractivity contribution in [2.45, 2.75) is 43.8 Å². The number of terminal acetylenes is 1. The van der Waals surface area contributed by atoms with E-state index < -0.39 is 17.5 Å². The first-order valence-electron chi connectivity index (χ1n) is 9.77. The third kappa shape index (κ3) is 5.13. The van der Waals surface area contributed by atoms with Crippen LogP contribution < -0.4 is 4.90 Å². The first kappa shape index (κ1) is 19.9. The average Bonchev–Trinajstić information content (AvgIpc) is 2.70. The van der Waals surface area contributed by atoms with Crippen LogP contribution in [0.2, 0.25) is 0 Å². The van der Waals surface area contributed by atoms with Crippen molar-refractivity contribution in [3.63, 3.8) is 0 Å². The fraction of sp³-hybridized carbons (Fsp3) is 0.619. The minimum Gasteiger partial charge on any atom is -0.505 e. The number of aliphatic hydroxyl groups excluding tert-OH is 1. The number of phenols is 1. The van der Waals surface area contributed by atoms with Gasteiger partial charge in [0.25, 0.3) is 0 Å². The molecule has 0 aromatic heterocycles. The fourth-order valence-corrected chi connectivity index (χ4v) is 3.94. The Labute approximate surface area is 160 Å². The van der Waals surface area contributed by atoms with E-state index in [4.69, 9.17) is 11.2 Å². The number of hydrogen-bond acceptors (Lipinski definition) is 5. The molecule has 1 atom stereocenters. The van der Waals surface area contributed by atoms with Gasteiger partial charge in [-0.25, -0.2) is 4.39 Å². The van der Waals surface area contributed by atoms with Gasteiger partial charge in [0.15, 0.2) is 11.6 Å². The largest absolute Gasteiger partial charge is 0.505 e.